The zero-order valence-corrected chi connectivity index (χ0v) is 15.2. The first-order valence-corrected chi connectivity index (χ1v) is 9.41. The van der Waals surface area contributed by atoms with Crippen molar-refractivity contribution in [3.63, 3.8) is 0 Å². The van der Waals surface area contributed by atoms with E-state index in [0.29, 0.717) is 10.5 Å². The molecule has 3 aromatic carbocycles. The number of hydrogen-bond donors (Lipinski definition) is 0. The van der Waals surface area contributed by atoms with Gasteiger partial charge in [0.2, 0.25) is 0 Å². The van der Waals surface area contributed by atoms with Gasteiger partial charge in [-0.05, 0) is 36.8 Å². The van der Waals surface area contributed by atoms with E-state index < -0.39 is 0 Å². The summed E-state index contributed by atoms with van der Waals surface area (Å²) in [5.41, 5.74) is 2.73. The van der Waals surface area contributed by atoms with Crippen molar-refractivity contribution in [1.82, 2.24) is 9.55 Å². The summed E-state index contributed by atoms with van der Waals surface area (Å²) in [5.74, 6) is 0. The second kappa shape index (κ2) is 7.18. The normalized spacial score (nSPS) is 12.2. The van der Waals surface area contributed by atoms with E-state index in [9.17, 15) is 4.79 Å². The Labute approximate surface area is 156 Å². The first kappa shape index (κ1) is 16.6. The summed E-state index contributed by atoms with van der Waals surface area (Å²) in [5, 5.41) is 1.52. The number of benzene rings is 3. The van der Waals surface area contributed by atoms with Crippen molar-refractivity contribution >= 4 is 22.7 Å². The number of thioether (sulfide) groups is 1. The summed E-state index contributed by atoms with van der Waals surface area (Å²) in [6.07, 6.45) is 0. The van der Waals surface area contributed by atoms with Crippen molar-refractivity contribution in [2.24, 2.45) is 0 Å². The molecule has 1 aromatic heterocycles. The van der Waals surface area contributed by atoms with Gasteiger partial charge in [-0.3, -0.25) is 9.36 Å². The molecule has 0 saturated carbocycles. The molecule has 0 bridgehead atoms. The first-order chi connectivity index (χ1) is 12.7. The highest BCUT2D eigenvalue weighted by molar-refractivity contribution is 7.99. The van der Waals surface area contributed by atoms with Crippen molar-refractivity contribution in [3.8, 4) is 5.69 Å². The Bertz CT molecular complexity index is 1090. The van der Waals surface area contributed by atoms with Crippen LogP contribution in [-0.4, -0.2) is 9.55 Å². The maximum absolute atomic E-state index is 13.2. The van der Waals surface area contributed by atoms with Gasteiger partial charge in [-0.25, -0.2) is 4.98 Å². The topological polar surface area (TPSA) is 34.9 Å². The van der Waals surface area contributed by atoms with Gasteiger partial charge >= 0.3 is 0 Å². The van der Waals surface area contributed by atoms with Gasteiger partial charge < -0.3 is 0 Å². The molecule has 3 nitrogen and oxygen atoms in total. The second-order valence-corrected chi connectivity index (χ2v) is 7.37. The summed E-state index contributed by atoms with van der Waals surface area (Å²) in [6.45, 7) is 2.14. The molecule has 4 rings (SSSR count). The molecule has 0 saturated heterocycles. The SMILES string of the molecule is C[C@H](Sc1nc2ccccc2c(=O)n1-c1ccccc1)c1ccccc1. The van der Waals surface area contributed by atoms with E-state index in [2.05, 4.69) is 19.1 Å². The van der Waals surface area contributed by atoms with E-state index in [0.717, 1.165) is 11.2 Å². The number of fused-ring (bicyclic) bond motifs is 1. The average molecular weight is 358 g/mol. The van der Waals surface area contributed by atoms with Crippen LogP contribution in [0.15, 0.2) is 94.9 Å². The van der Waals surface area contributed by atoms with Crippen LogP contribution in [-0.2, 0) is 0 Å². The van der Waals surface area contributed by atoms with Gasteiger partial charge in [0.25, 0.3) is 5.56 Å². The van der Waals surface area contributed by atoms with Crippen LogP contribution in [0.1, 0.15) is 17.7 Å². The van der Waals surface area contributed by atoms with Gasteiger partial charge in [0, 0.05) is 5.25 Å². The van der Waals surface area contributed by atoms with E-state index in [4.69, 9.17) is 4.98 Å². The molecule has 0 radical (unpaired) electrons. The standard InChI is InChI=1S/C22H18N2OS/c1-16(17-10-4-2-5-11-17)26-22-23-20-15-9-8-14-19(20)21(25)24(22)18-12-6-3-7-13-18/h2-16H,1H3/t16-/m0/s1. The molecular weight excluding hydrogens is 340 g/mol. The second-order valence-electron chi connectivity index (χ2n) is 6.06. The molecule has 1 atom stereocenters. The van der Waals surface area contributed by atoms with Gasteiger partial charge in [0.15, 0.2) is 5.16 Å². The van der Waals surface area contributed by atoms with Crippen molar-refractivity contribution < 1.29 is 0 Å². The first-order valence-electron chi connectivity index (χ1n) is 8.53. The molecule has 0 aliphatic carbocycles. The zero-order chi connectivity index (χ0) is 17.9. The summed E-state index contributed by atoms with van der Waals surface area (Å²) in [7, 11) is 0. The van der Waals surface area contributed by atoms with Crippen molar-refractivity contribution in [2.75, 3.05) is 0 Å². The molecule has 128 valence electrons. The highest BCUT2D eigenvalue weighted by atomic mass is 32.2. The number of aromatic nitrogens is 2. The quantitative estimate of drug-likeness (QED) is 0.370. The highest BCUT2D eigenvalue weighted by Gasteiger charge is 2.16. The lowest BCUT2D eigenvalue weighted by Crippen LogP contribution is -2.21. The molecule has 0 amide bonds. The Kier molecular flexibility index (Phi) is 4.59. The summed E-state index contributed by atoms with van der Waals surface area (Å²) in [6, 6.07) is 27.5. The van der Waals surface area contributed by atoms with Gasteiger partial charge in [0.05, 0.1) is 16.6 Å². The third-order valence-electron chi connectivity index (χ3n) is 4.31. The lowest BCUT2D eigenvalue weighted by atomic mass is 10.2. The van der Waals surface area contributed by atoms with E-state index in [1.54, 1.807) is 16.3 Å². The molecule has 1 heterocycles. The molecule has 4 heteroatoms. The van der Waals surface area contributed by atoms with E-state index in [-0.39, 0.29) is 10.8 Å². The largest absolute Gasteiger partial charge is 0.268 e. The predicted molar refractivity (Wildman–Crippen MR) is 108 cm³/mol. The average Bonchev–Trinajstić information content (AvgIpc) is 2.69. The van der Waals surface area contributed by atoms with Gasteiger partial charge in [0.1, 0.15) is 0 Å². The monoisotopic (exact) mass is 358 g/mol. The van der Waals surface area contributed by atoms with Crippen LogP contribution < -0.4 is 5.56 Å². The maximum Gasteiger partial charge on any atom is 0.266 e. The molecule has 0 N–H and O–H groups in total. The Morgan fingerprint density at radius 2 is 1.46 bits per heavy atom. The zero-order valence-electron chi connectivity index (χ0n) is 14.4. The molecule has 0 unspecified atom stereocenters. The van der Waals surface area contributed by atoms with Gasteiger partial charge in [-0.2, -0.15) is 0 Å². The Morgan fingerprint density at radius 1 is 0.846 bits per heavy atom. The molecule has 26 heavy (non-hydrogen) atoms. The lowest BCUT2D eigenvalue weighted by Gasteiger charge is -2.16. The van der Waals surface area contributed by atoms with Crippen LogP contribution in [0.4, 0.5) is 0 Å². The number of hydrogen-bond acceptors (Lipinski definition) is 3. The fraction of sp³-hybridized carbons (Fsp3) is 0.0909. The molecule has 0 aliphatic rings. The molecule has 0 spiro atoms. The van der Waals surface area contributed by atoms with Gasteiger partial charge in [-0.1, -0.05) is 72.4 Å². The van der Waals surface area contributed by atoms with Crippen LogP contribution in [0.5, 0.6) is 0 Å². The van der Waals surface area contributed by atoms with E-state index in [1.165, 1.54) is 5.56 Å². The van der Waals surface area contributed by atoms with E-state index in [1.807, 2.05) is 72.8 Å². The van der Waals surface area contributed by atoms with Crippen molar-refractivity contribution in [2.45, 2.75) is 17.3 Å². The van der Waals surface area contributed by atoms with E-state index >= 15 is 0 Å². The van der Waals surface area contributed by atoms with Crippen LogP contribution in [0, 0.1) is 0 Å². The molecular formula is C22H18N2OS. The van der Waals surface area contributed by atoms with Gasteiger partial charge in [-0.15, -0.1) is 0 Å². The third kappa shape index (κ3) is 3.16. The highest BCUT2D eigenvalue weighted by Crippen LogP contribution is 2.34. The van der Waals surface area contributed by atoms with Crippen LogP contribution in [0.3, 0.4) is 0 Å². The van der Waals surface area contributed by atoms with Crippen molar-refractivity contribution in [3.05, 3.63) is 101 Å². The Balaban J connectivity index is 1.88. The molecule has 0 fully saturated rings. The summed E-state index contributed by atoms with van der Waals surface area (Å²) >= 11 is 1.60. The fourth-order valence-corrected chi connectivity index (χ4v) is 4.00. The fourth-order valence-electron chi connectivity index (χ4n) is 2.95. The number of para-hydroxylation sites is 2. The minimum absolute atomic E-state index is 0.0374. The molecule has 0 aliphatic heterocycles. The Morgan fingerprint density at radius 3 is 2.19 bits per heavy atom. The smallest absolute Gasteiger partial charge is 0.266 e. The summed E-state index contributed by atoms with van der Waals surface area (Å²) in [4.78, 5) is 18.0. The summed E-state index contributed by atoms with van der Waals surface area (Å²) < 4.78 is 1.71. The minimum atomic E-state index is -0.0374. The minimum Gasteiger partial charge on any atom is -0.268 e. The number of nitrogens with zero attached hydrogens (tertiary/aromatic N) is 2. The maximum atomic E-state index is 13.2. The van der Waals surface area contributed by atoms with Crippen LogP contribution in [0.2, 0.25) is 0 Å². The molecule has 4 aromatic rings. The lowest BCUT2D eigenvalue weighted by molar-refractivity contribution is 0.815. The van der Waals surface area contributed by atoms with Crippen LogP contribution >= 0.6 is 11.8 Å². The van der Waals surface area contributed by atoms with Crippen molar-refractivity contribution in [1.29, 1.82) is 0 Å². The Hall–Kier alpha value is -2.85. The predicted octanol–water partition coefficient (Wildman–Crippen LogP) is 5.24. The third-order valence-corrected chi connectivity index (χ3v) is 5.42. The van der Waals surface area contributed by atoms with Crippen LogP contribution in [0.25, 0.3) is 16.6 Å². The number of rotatable bonds is 4.